The molecule has 0 amide bonds. The maximum atomic E-state index is 13.7. The number of rotatable bonds is 1. The quantitative estimate of drug-likeness (QED) is 0.585. The molecule has 3 aromatic rings. The maximum absolute atomic E-state index is 13.7. The first-order chi connectivity index (χ1) is 9.09. The number of hydrogen-bond acceptors (Lipinski definition) is 0. The van der Waals surface area contributed by atoms with Crippen LogP contribution in [0.3, 0.4) is 0 Å². The first-order valence-electron chi connectivity index (χ1n) is 6.11. The van der Waals surface area contributed by atoms with Crippen LogP contribution in [0.4, 0.5) is 4.39 Å². The fourth-order valence-corrected chi connectivity index (χ4v) is 2.73. The highest BCUT2D eigenvalue weighted by molar-refractivity contribution is 9.10. The molecule has 0 bridgehead atoms. The van der Waals surface area contributed by atoms with Gasteiger partial charge in [-0.05, 0) is 59.6 Å². The first kappa shape index (κ1) is 12.4. The maximum Gasteiger partial charge on any atom is 0.139 e. The van der Waals surface area contributed by atoms with Crippen LogP contribution in [0.1, 0.15) is 11.3 Å². The van der Waals surface area contributed by atoms with E-state index >= 15 is 0 Å². The van der Waals surface area contributed by atoms with Gasteiger partial charge >= 0.3 is 0 Å². The van der Waals surface area contributed by atoms with Crippen molar-refractivity contribution in [2.75, 3.05) is 0 Å². The average molecular weight is 318 g/mol. The van der Waals surface area contributed by atoms with Crippen LogP contribution in [-0.4, -0.2) is 4.57 Å². The summed E-state index contributed by atoms with van der Waals surface area (Å²) in [5.41, 5.74) is 4.34. The van der Waals surface area contributed by atoms with E-state index in [0.717, 1.165) is 16.9 Å². The Bertz CT molecular complexity index is 774. The number of hydrogen-bond donors (Lipinski definition) is 0. The number of nitrogens with zero attached hydrogens (tertiary/aromatic N) is 1. The molecule has 0 aliphatic carbocycles. The largest absolute Gasteiger partial charge is 0.314 e. The summed E-state index contributed by atoms with van der Waals surface area (Å²) in [6, 6.07) is 13.4. The third-order valence-corrected chi connectivity index (χ3v) is 4.23. The number of para-hydroxylation sites is 1. The van der Waals surface area contributed by atoms with Crippen LogP contribution in [0.2, 0.25) is 0 Å². The van der Waals surface area contributed by atoms with Crippen LogP contribution in [0.5, 0.6) is 0 Å². The lowest BCUT2D eigenvalue weighted by molar-refractivity contribution is 0.620. The molecule has 0 spiro atoms. The van der Waals surface area contributed by atoms with Crippen LogP contribution >= 0.6 is 15.9 Å². The topological polar surface area (TPSA) is 4.93 Å². The van der Waals surface area contributed by atoms with Crippen molar-refractivity contribution in [1.82, 2.24) is 4.57 Å². The molecule has 1 nitrogen and oxygen atoms in total. The van der Waals surface area contributed by atoms with Gasteiger partial charge in [-0.1, -0.05) is 18.2 Å². The Labute approximate surface area is 119 Å². The van der Waals surface area contributed by atoms with E-state index in [9.17, 15) is 4.39 Å². The van der Waals surface area contributed by atoms with Crippen molar-refractivity contribution in [3.8, 4) is 5.69 Å². The van der Waals surface area contributed by atoms with E-state index in [4.69, 9.17) is 0 Å². The molecule has 0 atom stereocenters. The van der Waals surface area contributed by atoms with Gasteiger partial charge in [0.2, 0.25) is 0 Å². The lowest BCUT2D eigenvalue weighted by Gasteiger charge is -2.09. The number of aryl methyl sites for hydroxylation is 1. The summed E-state index contributed by atoms with van der Waals surface area (Å²) in [6.45, 7) is 4.17. The summed E-state index contributed by atoms with van der Waals surface area (Å²) in [6.07, 6.45) is 0. The Morgan fingerprint density at radius 1 is 1.05 bits per heavy atom. The molecule has 0 fully saturated rings. The minimum Gasteiger partial charge on any atom is -0.314 e. The van der Waals surface area contributed by atoms with Crippen LogP contribution in [0.15, 0.2) is 46.9 Å². The summed E-state index contributed by atoms with van der Waals surface area (Å²) < 4.78 is 16.3. The zero-order chi connectivity index (χ0) is 13.6. The minimum atomic E-state index is -0.243. The lowest BCUT2D eigenvalue weighted by Crippen LogP contribution is -1.97. The van der Waals surface area contributed by atoms with Crippen LogP contribution in [0.25, 0.3) is 16.6 Å². The Morgan fingerprint density at radius 2 is 1.79 bits per heavy atom. The van der Waals surface area contributed by atoms with Crippen molar-refractivity contribution in [1.29, 1.82) is 0 Å². The van der Waals surface area contributed by atoms with Gasteiger partial charge in [0.15, 0.2) is 0 Å². The van der Waals surface area contributed by atoms with Gasteiger partial charge in [0.1, 0.15) is 5.82 Å². The molecule has 0 aliphatic heterocycles. The normalized spacial score (nSPS) is 11.2. The molecule has 0 saturated heterocycles. The SMILES string of the molecule is Cc1c(C)n(-c2ccc(Br)c(F)c2)c2ccccc12. The number of halogens is 2. The predicted molar refractivity (Wildman–Crippen MR) is 80.4 cm³/mol. The second-order valence-corrected chi connectivity index (χ2v) is 5.52. The third kappa shape index (κ3) is 1.89. The molecule has 96 valence electrons. The Balaban J connectivity index is 2.36. The molecule has 19 heavy (non-hydrogen) atoms. The van der Waals surface area contributed by atoms with Crippen molar-refractivity contribution in [2.24, 2.45) is 0 Å². The molecule has 1 aromatic heterocycles. The van der Waals surface area contributed by atoms with Crippen molar-refractivity contribution in [2.45, 2.75) is 13.8 Å². The second-order valence-electron chi connectivity index (χ2n) is 4.66. The number of aromatic nitrogens is 1. The zero-order valence-corrected chi connectivity index (χ0v) is 12.3. The number of benzene rings is 2. The lowest BCUT2D eigenvalue weighted by atomic mass is 10.2. The summed E-state index contributed by atoms with van der Waals surface area (Å²) in [7, 11) is 0. The number of fused-ring (bicyclic) bond motifs is 1. The Kier molecular flexibility index (Phi) is 2.94. The van der Waals surface area contributed by atoms with Gasteiger partial charge < -0.3 is 4.57 Å². The van der Waals surface area contributed by atoms with E-state index in [2.05, 4.69) is 46.5 Å². The zero-order valence-electron chi connectivity index (χ0n) is 10.7. The van der Waals surface area contributed by atoms with Crippen LogP contribution in [0, 0.1) is 19.7 Å². The highest BCUT2D eigenvalue weighted by atomic mass is 79.9. The molecule has 0 N–H and O–H groups in total. The fourth-order valence-electron chi connectivity index (χ4n) is 2.49. The van der Waals surface area contributed by atoms with Crippen molar-refractivity contribution < 1.29 is 4.39 Å². The van der Waals surface area contributed by atoms with Gasteiger partial charge in [0.05, 0.1) is 9.99 Å². The van der Waals surface area contributed by atoms with Crippen LogP contribution in [-0.2, 0) is 0 Å². The van der Waals surface area contributed by atoms with Crippen molar-refractivity contribution >= 4 is 26.8 Å². The van der Waals surface area contributed by atoms with E-state index in [1.54, 1.807) is 12.1 Å². The van der Waals surface area contributed by atoms with Gasteiger partial charge in [-0.25, -0.2) is 4.39 Å². The molecular formula is C16H13BrFN. The smallest absolute Gasteiger partial charge is 0.139 e. The Hall–Kier alpha value is -1.61. The van der Waals surface area contributed by atoms with Gasteiger partial charge in [0, 0.05) is 16.8 Å². The first-order valence-corrected chi connectivity index (χ1v) is 6.91. The highest BCUT2D eigenvalue weighted by Crippen LogP contribution is 2.29. The fraction of sp³-hybridized carbons (Fsp3) is 0.125. The van der Waals surface area contributed by atoms with Gasteiger partial charge in [-0.15, -0.1) is 0 Å². The molecule has 0 aliphatic rings. The molecule has 3 rings (SSSR count). The summed E-state index contributed by atoms with van der Waals surface area (Å²) in [4.78, 5) is 0. The van der Waals surface area contributed by atoms with E-state index in [1.807, 2.05) is 18.2 Å². The van der Waals surface area contributed by atoms with Gasteiger partial charge in [-0.2, -0.15) is 0 Å². The highest BCUT2D eigenvalue weighted by Gasteiger charge is 2.12. The molecule has 0 unspecified atom stereocenters. The standard InChI is InChI=1S/C16H13BrFN/c1-10-11(2)19(16-6-4-3-5-13(10)16)12-7-8-14(17)15(18)9-12/h3-9H,1-2H3. The molecular weight excluding hydrogens is 305 g/mol. The minimum absolute atomic E-state index is 0.243. The van der Waals surface area contributed by atoms with E-state index in [0.29, 0.717) is 4.47 Å². The average Bonchev–Trinajstić information content (AvgIpc) is 2.66. The van der Waals surface area contributed by atoms with E-state index < -0.39 is 0 Å². The summed E-state index contributed by atoms with van der Waals surface area (Å²) in [5, 5.41) is 1.21. The predicted octanol–water partition coefficient (Wildman–Crippen LogP) is 5.15. The molecule has 2 aromatic carbocycles. The molecule has 1 heterocycles. The van der Waals surface area contributed by atoms with Crippen molar-refractivity contribution in [3.05, 3.63) is 64.0 Å². The summed E-state index contributed by atoms with van der Waals surface area (Å²) in [5.74, 6) is -0.243. The second kappa shape index (κ2) is 4.49. The Morgan fingerprint density at radius 3 is 2.53 bits per heavy atom. The monoisotopic (exact) mass is 317 g/mol. The molecule has 0 radical (unpaired) electrons. The van der Waals surface area contributed by atoms with Gasteiger partial charge in [-0.3, -0.25) is 0 Å². The third-order valence-electron chi connectivity index (χ3n) is 3.59. The van der Waals surface area contributed by atoms with Gasteiger partial charge in [0.25, 0.3) is 0 Å². The van der Waals surface area contributed by atoms with E-state index in [1.165, 1.54) is 10.9 Å². The molecule has 0 saturated carbocycles. The van der Waals surface area contributed by atoms with E-state index in [-0.39, 0.29) is 5.82 Å². The van der Waals surface area contributed by atoms with Crippen molar-refractivity contribution in [3.63, 3.8) is 0 Å². The summed E-state index contributed by atoms with van der Waals surface area (Å²) >= 11 is 3.19. The molecule has 3 heteroatoms. The van der Waals surface area contributed by atoms with Crippen LogP contribution < -0.4 is 0 Å².